The van der Waals surface area contributed by atoms with Gasteiger partial charge in [0.2, 0.25) is 0 Å². The van der Waals surface area contributed by atoms with Crippen molar-refractivity contribution in [2.24, 2.45) is 23.7 Å². The first-order chi connectivity index (χ1) is 11.8. The molecule has 136 valence electrons. The molecule has 4 nitrogen and oxygen atoms in total. The van der Waals surface area contributed by atoms with E-state index in [0.717, 1.165) is 57.5 Å². The van der Waals surface area contributed by atoms with Crippen LogP contribution in [0.5, 0.6) is 0 Å². The Kier molecular flexibility index (Phi) is 4.16. The van der Waals surface area contributed by atoms with E-state index in [1.807, 2.05) is 0 Å². The van der Waals surface area contributed by atoms with E-state index in [2.05, 4.69) is 0 Å². The van der Waals surface area contributed by atoms with Gasteiger partial charge in [0.15, 0.2) is 11.6 Å². The monoisotopic (exact) mass is 336 g/mol. The van der Waals surface area contributed by atoms with Gasteiger partial charge in [0.25, 0.3) is 0 Å². The third-order valence-electron chi connectivity index (χ3n) is 7.56. The largest absolute Gasteiger partial charge is 0.350 e. The fraction of sp³-hybridized carbons (Fsp3) is 1.00. The summed E-state index contributed by atoms with van der Waals surface area (Å²) in [5, 5.41) is 0. The van der Waals surface area contributed by atoms with Gasteiger partial charge in [0.1, 0.15) is 0 Å². The van der Waals surface area contributed by atoms with Crippen LogP contribution in [0.2, 0.25) is 0 Å². The summed E-state index contributed by atoms with van der Waals surface area (Å²) in [5.41, 5.74) is 0. The molecule has 0 aromatic carbocycles. The van der Waals surface area contributed by atoms with Crippen molar-refractivity contribution in [1.29, 1.82) is 0 Å². The van der Waals surface area contributed by atoms with Gasteiger partial charge in [-0.15, -0.1) is 0 Å². The summed E-state index contributed by atoms with van der Waals surface area (Å²) < 4.78 is 24.7. The Morgan fingerprint density at radius 3 is 2.29 bits per heavy atom. The molecule has 2 heterocycles. The molecule has 0 N–H and O–H groups in total. The van der Waals surface area contributed by atoms with Crippen molar-refractivity contribution in [2.75, 3.05) is 26.4 Å². The number of hydrogen-bond donors (Lipinski definition) is 0. The number of hydrogen-bond acceptors (Lipinski definition) is 4. The molecule has 4 unspecified atom stereocenters. The highest BCUT2D eigenvalue weighted by Crippen LogP contribution is 2.59. The van der Waals surface area contributed by atoms with Crippen LogP contribution in [0.1, 0.15) is 64.2 Å². The fourth-order valence-corrected chi connectivity index (χ4v) is 6.39. The van der Waals surface area contributed by atoms with Gasteiger partial charge >= 0.3 is 0 Å². The van der Waals surface area contributed by atoms with E-state index in [-0.39, 0.29) is 11.6 Å². The molecular formula is C20H32O4. The quantitative estimate of drug-likeness (QED) is 0.728. The predicted molar refractivity (Wildman–Crippen MR) is 89.4 cm³/mol. The highest BCUT2D eigenvalue weighted by molar-refractivity contribution is 5.03. The lowest BCUT2D eigenvalue weighted by Gasteiger charge is -2.43. The Balaban J connectivity index is 1.25. The molecule has 2 saturated heterocycles. The minimum atomic E-state index is -0.243. The predicted octanol–water partition coefficient (Wildman–Crippen LogP) is 3.88. The van der Waals surface area contributed by atoms with Gasteiger partial charge in [-0.2, -0.15) is 0 Å². The smallest absolute Gasteiger partial charge is 0.171 e. The molecule has 0 aromatic rings. The maximum atomic E-state index is 6.48. The standard InChI is InChI=1S/C20H32O4/c1-2-6-19(7-3-1)21-8-4-5-15(14-24-19)18-12-17-11-16(18)13-20(17)22-9-10-23-20/h15-18H,1-14H2. The van der Waals surface area contributed by atoms with Gasteiger partial charge in [-0.1, -0.05) is 6.42 Å². The molecule has 5 aliphatic rings. The van der Waals surface area contributed by atoms with Crippen LogP contribution in [0.15, 0.2) is 0 Å². The molecule has 2 aliphatic heterocycles. The normalized spacial score (nSPS) is 44.0. The zero-order valence-electron chi connectivity index (χ0n) is 14.8. The molecule has 5 rings (SSSR count). The van der Waals surface area contributed by atoms with Crippen molar-refractivity contribution in [3.8, 4) is 0 Å². The van der Waals surface area contributed by atoms with Crippen molar-refractivity contribution in [3.63, 3.8) is 0 Å². The number of rotatable bonds is 1. The molecule has 4 atom stereocenters. The highest BCUT2D eigenvalue weighted by atomic mass is 16.7. The van der Waals surface area contributed by atoms with Gasteiger partial charge in [0, 0.05) is 25.2 Å². The molecule has 5 fully saturated rings. The Bertz CT molecular complexity index is 453. The van der Waals surface area contributed by atoms with Crippen LogP contribution in [-0.2, 0) is 18.9 Å². The van der Waals surface area contributed by atoms with Crippen molar-refractivity contribution >= 4 is 0 Å². The topological polar surface area (TPSA) is 36.9 Å². The lowest BCUT2D eigenvalue weighted by Crippen LogP contribution is -2.44. The first-order valence-corrected chi connectivity index (χ1v) is 10.3. The van der Waals surface area contributed by atoms with E-state index in [4.69, 9.17) is 18.9 Å². The van der Waals surface area contributed by atoms with Crippen LogP contribution < -0.4 is 0 Å². The number of ether oxygens (including phenoxy) is 4. The minimum absolute atomic E-state index is 0.197. The van der Waals surface area contributed by atoms with E-state index in [1.54, 1.807) is 0 Å². The zero-order valence-corrected chi connectivity index (χ0v) is 14.8. The van der Waals surface area contributed by atoms with Crippen molar-refractivity contribution in [2.45, 2.75) is 75.8 Å². The molecule has 2 spiro atoms. The molecule has 0 radical (unpaired) electrons. The van der Waals surface area contributed by atoms with Gasteiger partial charge in [-0.25, -0.2) is 0 Å². The van der Waals surface area contributed by atoms with Crippen LogP contribution in [-0.4, -0.2) is 38.0 Å². The Morgan fingerprint density at radius 1 is 0.708 bits per heavy atom. The Hall–Kier alpha value is -0.160. The van der Waals surface area contributed by atoms with Crippen molar-refractivity contribution in [1.82, 2.24) is 0 Å². The van der Waals surface area contributed by atoms with Gasteiger partial charge in [-0.3, -0.25) is 0 Å². The van der Waals surface area contributed by atoms with E-state index in [9.17, 15) is 0 Å². The summed E-state index contributed by atoms with van der Waals surface area (Å²) >= 11 is 0. The van der Waals surface area contributed by atoms with E-state index in [1.165, 1.54) is 44.9 Å². The Labute approximate surface area is 145 Å². The van der Waals surface area contributed by atoms with Crippen molar-refractivity contribution in [3.05, 3.63) is 0 Å². The third kappa shape index (κ3) is 2.65. The average Bonchev–Trinajstić information content (AvgIpc) is 3.30. The van der Waals surface area contributed by atoms with E-state index < -0.39 is 0 Å². The summed E-state index contributed by atoms with van der Waals surface area (Å²) in [6.07, 6.45) is 12.2. The summed E-state index contributed by atoms with van der Waals surface area (Å²) in [4.78, 5) is 0. The molecule has 3 aliphatic carbocycles. The molecule has 2 bridgehead atoms. The molecule has 24 heavy (non-hydrogen) atoms. The highest BCUT2D eigenvalue weighted by Gasteiger charge is 2.59. The first-order valence-electron chi connectivity index (χ1n) is 10.3. The third-order valence-corrected chi connectivity index (χ3v) is 7.56. The average molecular weight is 336 g/mol. The summed E-state index contributed by atoms with van der Waals surface area (Å²) in [6, 6.07) is 0. The molecule has 0 amide bonds. The lowest BCUT2D eigenvalue weighted by molar-refractivity contribution is -0.269. The van der Waals surface area contributed by atoms with Crippen molar-refractivity contribution < 1.29 is 18.9 Å². The minimum Gasteiger partial charge on any atom is -0.350 e. The zero-order chi connectivity index (χ0) is 16.0. The summed E-state index contributed by atoms with van der Waals surface area (Å²) in [6.45, 7) is 3.37. The lowest BCUT2D eigenvalue weighted by atomic mass is 9.75. The second-order valence-corrected chi connectivity index (χ2v) is 8.84. The van der Waals surface area contributed by atoms with E-state index >= 15 is 0 Å². The SMILES string of the molecule is C1CCC2(CC1)OCCCC(C1CC3CC1CC31OCCO1)CO2. The fourth-order valence-electron chi connectivity index (χ4n) is 6.39. The summed E-state index contributed by atoms with van der Waals surface area (Å²) in [5.74, 6) is 2.49. The Morgan fingerprint density at radius 2 is 1.54 bits per heavy atom. The van der Waals surface area contributed by atoms with Gasteiger partial charge in [0.05, 0.1) is 26.4 Å². The van der Waals surface area contributed by atoms with Crippen LogP contribution in [0, 0.1) is 23.7 Å². The number of fused-ring (bicyclic) bond motifs is 3. The molecule has 0 aromatic heterocycles. The maximum Gasteiger partial charge on any atom is 0.171 e. The molecule has 4 heteroatoms. The second-order valence-electron chi connectivity index (χ2n) is 8.84. The van der Waals surface area contributed by atoms with E-state index in [0.29, 0.717) is 11.8 Å². The van der Waals surface area contributed by atoms with Crippen LogP contribution in [0.4, 0.5) is 0 Å². The molecule has 3 saturated carbocycles. The van der Waals surface area contributed by atoms with Crippen LogP contribution in [0.3, 0.4) is 0 Å². The van der Waals surface area contributed by atoms with Gasteiger partial charge in [-0.05, 0) is 56.3 Å². The van der Waals surface area contributed by atoms with Crippen LogP contribution >= 0.6 is 0 Å². The molecular weight excluding hydrogens is 304 g/mol. The summed E-state index contributed by atoms with van der Waals surface area (Å²) in [7, 11) is 0. The first kappa shape index (κ1) is 16.0. The second kappa shape index (κ2) is 6.22. The van der Waals surface area contributed by atoms with Gasteiger partial charge < -0.3 is 18.9 Å². The van der Waals surface area contributed by atoms with Crippen LogP contribution in [0.25, 0.3) is 0 Å². The maximum absolute atomic E-state index is 6.48.